The molecule has 0 aliphatic carbocycles. The van der Waals surface area contributed by atoms with Crippen molar-refractivity contribution in [3.63, 3.8) is 0 Å². The smallest absolute Gasteiger partial charge is 0.342 e. The summed E-state index contributed by atoms with van der Waals surface area (Å²) in [6.07, 6.45) is 1.85. The van der Waals surface area contributed by atoms with Gasteiger partial charge in [-0.05, 0) is 50.2 Å². The molecule has 3 aromatic rings. The van der Waals surface area contributed by atoms with E-state index in [2.05, 4.69) is 15.4 Å². The Bertz CT molecular complexity index is 1170. The van der Waals surface area contributed by atoms with Gasteiger partial charge in [-0.15, -0.1) is 0 Å². The third-order valence-corrected chi connectivity index (χ3v) is 5.13. The molecule has 11 heteroatoms. The van der Waals surface area contributed by atoms with Crippen LogP contribution >= 0.6 is 0 Å². The average Bonchev–Trinajstić information content (AvgIpc) is 3.09. The number of anilines is 1. The fraction of sp³-hybridized carbons (Fsp3) is 0.158. The van der Waals surface area contributed by atoms with Crippen molar-refractivity contribution >= 4 is 27.6 Å². The summed E-state index contributed by atoms with van der Waals surface area (Å²) in [4.78, 5) is 28.9. The lowest BCUT2D eigenvalue weighted by Crippen LogP contribution is -2.30. The predicted octanol–water partition coefficient (Wildman–Crippen LogP) is 1.41. The molecule has 1 atom stereocenters. The number of amides is 1. The molecule has 0 saturated heterocycles. The second-order valence-electron chi connectivity index (χ2n) is 6.35. The van der Waals surface area contributed by atoms with Crippen molar-refractivity contribution in [1.29, 1.82) is 0 Å². The molecule has 1 aromatic carbocycles. The minimum atomic E-state index is -3.83. The summed E-state index contributed by atoms with van der Waals surface area (Å²) in [6, 6.07) is 10.6. The van der Waals surface area contributed by atoms with Gasteiger partial charge in [0.25, 0.3) is 5.91 Å². The third kappa shape index (κ3) is 4.70. The number of benzene rings is 1. The van der Waals surface area contributed by atoms with Crippen molar-refractivity contribution in [2.75, 3.05) is 5.32 Å². The first-order valence-electron chi connectivity index (χ1n) is 8.77. The number of sulfonamides is 1. The number of aromatic nitrogens is 3. The molecule has 0 fully saturated rings. The molecule has 10 nitrogen and oxygen atoms in total. The molecule has 0 saturated carbocycles. The van der Waals surface area contributed by atoms with Crippen LogP contribution in [-0.4, -0.2) is 41.2 Å². The van der Waals surface area contributed by atoms with Crippen molar-refractivity contribution in [3.05, 3.63) is 66.1 Å². The fourth-order valence-corrected chi connectivity index (χ4v) is 3.08. The maximum atomic E-state index is 12.5. The summed E-state index contributed by atoms with van der Waals surface area (Å²) < 4.78 is 29.3. The maximum absolute atomic E-state index is 12.5. The van der Waals surface area contributed by atoms with Gasteiger partial charge in [-0.1, -0.05) is 6.07 Å². The molecule has 0 spiro atoms. The lowest BCUT2D eigenvalue weighted by atomic mass is 10.2. The van der Waals surface area contributed by atoms with Gasteiger partial charge in [0.15, 0.2) is 11.9 Å². The summed E-state index contributed by atoms with van der Waals surface area (Å²) in [5.74, 6) is -0.744. The zero-order valence-electron chi connectivity index (χ0n) is 16.1. The molecular weight excluding hydrogens is 410 g/mol. The monoisotopic (exact) mass is 429 g/mol. The highest BCUT2D eigenvalue weighted by Crippen LogP contribution is 2.16. The van der Waals surface area contributed by atoms with E-state index >= 15 is 0 Å². The molecule has 0 aliphatic rings. The second kappa shape index (κ2) is 8.43. The Hall–Kier alpha value is -3.57. The van der Waals surface area contributed by atoms with Crippen LogP contribution in [0.1, 0.15) is 23.0 Å². The molecule has 1 unspecified atom stereocenters. The average molecular weight is 429 g/mol. The largest absolute Gasteiger partial charge is 0.449 e. The number of carbonyl (C=O) groups excluding carboxylic acids is 2. The van der Waals surface area contributed by atoms with Crippen LogP contribution in [-0.2, 0) is 19.6 Å². The van der Waals surface area contributed by atoms with Gasteiger partial charge in [-0.25, -0.2) is 28.0 Å². The number of pyridine rings is 1. The molecular formula is C19H19N5O5S. The van der Waals surface area contributed by atoms with E-state index in [0.717, 1.165) is 0 Å². The molecule has 3 N–H and O–H groups in total. The van der Waals surface area contributed by atoms with Crippen LogP contribution < -0.4 is 10.5 Å². The van der Waals surface area contributed by atoms with E-state index in [0.29, 0.717) is 17.2 Å². The van der Waals surface area contributed by atoms with Crippen LogP contribution in [0.15, 0.2) is 59.8 Å². The van der Waals surface area contributed by atoms with Gasteiger partial charge in [-0.3, -0.25) is 4.79 Å². The van der Waals surface area contributed by atoms with Crippen molar-refractivity contribution in [1.82, 2.24) is 14.8 Å². The summed E-state index contributed by atoms with van der Waals surface area (Å²) in [6.45, 7) is 3.11. The Morgan fingerprint density at radius 3 is 2.47 bits per heavy atom. The van der Waals surface area contributed by atoms with Gasteiger partial charge in [0.1, 0.15) is 5.56 Å². The first kappa shape index (κ1) is 21.1. The first-order valence-corrected chi connectivity index (χ1v) is 10.3. The number of ether oxygens (including phenoxy) is 1. The van der Waals surface area contributed by atoms with Crippen molar-refractivity contribution in [2.24, 2.45) is 5.14 Å². The molecule has 2 heterocycles. The van der Waals surface area contributed by atoms with E-state index in [1.54, 1.807) is 31.3 Å². The van der Waals surface area contributed by atoms with Crippen LogP contribution in [0.2, 0.25) is 0 Å². The zero-order chi connectivity index (χ0) is 21.9. The lowest BCUT2D eigenvalue weighted by Gasteiger charge is -2.13. The Morgan fingerprint density at radius 2 is 1.87 bits per heavy atom. The molecule has 156 valence electrons. The molecule has 30 heavy (non-hydrogen) atoms. The number of carbonyl (C=O) groups is 2. The number of esters is 1. The van der Waals surface area contributed by atoms with E-state index in [1.165, 1.54) is 42.1 Å². The van der Waals surface area contributed by atoms with Crippen molar-refractivity contribution < 1.29 is 22.7 Å². The topological polar surface area (TPSA) is 146 Å². The number of hydrogen-bond donors (Lipinski definition) is 2. The van der Waals surface area contributed by atoms with Gasteiger partial charge < -0.3 is 10.1 Å². The summed E-state index contributed by atoms with van der Waals surface area (Å²) in [5.41, 5.74) is 1.05. The second-order valence-corrected chi connectivity index (χ2v) is 7.91. The van der Waals surface area contributed by atoms with Gasteiger partial charge in [0.2, 0.25) is 10.0 Å². The van der Waals surface area contributed by atoms with Gasteiger partial charge in [0.05, 0.1) is 16.8 Å². The highest BCUT2D eigenvalue weighted by molar-refractivity contribution is 7.89. The Labute approximate surface area is 172 Å². The van der Waals surface area contributed by atoms with Gasteiger partial charge in [-0.2, -0.15) is 5.10 Å². The van der Waals surface area contributed by atoms with Crippen LogP contribution in [0.25, 0.3) is 5.82 Å². The Balaban J connectivity index is 1.66. The Kier molecular flexibility index (Phi) is 5.94. The number of rotatable bonds is 6. The van der Waals surface area contributed by atoms with E-state index in [1.807, 2.05) is 0 Å². The number of nitrogens with one attached hydrogen (secondary N) is 1. The molecule has 1 amide bonds. The minimum absolute atomic E-state index is 0.0830. The quantitative estimate of drug-likeness (QED) is 0.563. The van der Waals surface area contributed by atoms with E-state index in [-0.39, 0.29) is 10.5 Å². The lowest BCUT2D eigenvalue weighted by molar-refractivity contribution is -0.123. The number of hydrogen-bond acceptors (Lipinski definition) is 7. The van der Waals surface area contributed by atoms with Crippen LogP contribution in [0.3, 0.4) is 0 Å². The van der Waals surface area contributed by atoms with Gasteiger partial charge >= 0.3 is 5.97 Å². The summed E-state index contributed by atoms with van der Waals surface area (Å²) in [7, 11) is -3.83. The third-order valence-electron chi connectivity index (χ3n) is 4.20. The van der Waals surface area contributed by atoms with Crippen LogP contribution in [0, 0.1) is 6.92 Å². The van der Waals surface area contributed by atoms with Crippen molar-refractivity contribution in [3.8, 4) is 5.82 Å². The minimum Gasteiger partial charge on any atom is -0.449 e. The van der Waals surface area contributed by atoms with Crippen LogP contribution in [0.5, 0.6) is 0 Å². The van der Waals surface area contributed by atoms with E-state index in [9.17, 15) is 18.0 Å². The van der Waals surface area contributed by atoms with E-state index in [4.69, 9.17) is 9.88 Å². The molecule has 0 bridgehead atoms. The zero-order valence-corrected chi connectivity index (χ0v) is 17.0. The standard InChI is InChI=1S/C19H19N5O5S/c1-12-16(11-22-24(12)17-5-3-4-10-21-17)19(26)29-13(2)18(25)23-14-6-8-15(9-7-14)30(20,27)28/h3-11,13H,1-2H3,(H,23,25)(H2,20,27,28). The number of nitrogens with zero attached hydrogens (tertiary/aromatic N) is 3. The number of primary sulfonamides is 1. The molecule has 0 aliphatic heterocycles. The van der Waals surface area contributed by atoms with E-state index < -0.39 is 28.0 Å². The first-order chi connectivity index (χ1) is 14.2. The normalized spacial score (nSPS) is 12.2. The summed E-state index contributed by atoms with van der Waals surface area (Å²) in [5, 5.41) is 11.7. The SMILES string of the molecule is Cc1c(C(=O)OC(C)C(=O)Nc2ccc(S(N)(=O)=O)cc2)cnn1-c1ccccn1. The molecule has 3 rings (SSSR count). The summed E-state index contributed by atoms with van der Waals surface area (Å²) >= 11 is 0. The predicted molar refractivity (Wildman–Crippen MR) is 107 cm³/mol. The number of nitrogens with two attached hydrogens (primary N) is 1. The molecule has 0 radical (unpaired) electrons. The van der Waals surface area contributed by atoms with Gasteiger partial charge in [0, 0.05) is 11.9 Å². The maximum Gasteiger partial charge on any atom is 0.342 e. The Morgan fingerprint density at radius 1 is 1.17 bits per heavy atom. The van der Waals surface area contributed by atoms with Crippen LogP contribution in [0.4, 0.5) is 5.69 Å². The van der Waals surface area contributed by atoms with Crippen molar-refractivity contribution in [2.45, 2.75) is 24.8 Å². The molecule has 2 aromatic heterocycles. The fourth-order valence-electron chi connectivity index (χ4n) is 2.57. The highest BCUT2D eigenvalue weighted by atomic mass is 32.2. The highest BCUT2D eigenvalue weighted by Gasteiger charge is 2.23.